The summed E-state index contributed by atoms with van der Waals surface area (Å²) in [5.41, 5.74) is 8.50. The van der Waals surface area contributed by atoms with Crippen molar-refractivity contribution in [3.8, 4) is 0 Å². The average molecular weight is 272 g/mol. The van der Waals surface area contributed by atoms with E-state index in [-0.39, 0.29) is 18.0 Å². The van der Waals surface area contributed by atoms with Crippen LogP contribution in [0, 0.1) is 20.8 Å². The molecule has 0 aliphatic carbocycles. The van der Waals surface area contributed by atoms with Crippen LogP contribution >= 0.6 is 0 Å². The first-order valence-corrected chi connectivity index (χ1v) is 7.26. The molecule has 0 saturated heterocycles. The number of hydrogen-bond donors (Lipinski definition) is 3. The summed E-state index contributed by atoms with van der Waals surface area (Å²) < 4.78 is 26.8. The smallest absolute Gasteiger partial charge is 0.241 e. The minimum absolute atomic E-state index is 0.0451. The van der Waals surface area contributed by atoms with Crippen molar-refractivity contribution in [1.82, 2.24) is 4.72 Å². The number of nitrogens with one attached hydrogen (secondary N) is 1. The van der Waals surface area contributed by atoms with Gasteiger partial charge in [-0.2, -0.15) is 0 Å². The van der Waals surface area contributed by atoms with E-state index >= 15 is 0 Å². The lowest BCUT2D eigenvalue weighted by atomic mass is 10.1. The zero-order valence-corrected chi connectivity index (χ0v) is 11.8. The molecule has 0 spiro atoms. The third-order valence-electron chi connectivity index (χ3n) is 2.86. The normalized spacial score (nSPS) is 11.8. The van der Waals surface area contributed by atoms with Gasteiger partial charge in [0, 0.05) is 18.8 Å². The van der Waals surface area contributed by atoms with Gasteiger partial charge in [-0.3, -0.25) is 0 Å². The Bertz CT molecular complexity index is 539. The zero-order chi connectivity index (χ0) is 13.9. The molecule has 0 atom stereocenters. The van der Waals surface area contributed by atoms with E-state index in [1.54, 1.807) is 19.9 Å². The van der Waals surface area contributed by atoms with E-state index in [4.69, 9.17) is 10.8 Å². The Kier molecular flexibility index (Phi) is 4.72. The molecule has 0 saturated carbocycles. The van der Waals surface area contributed by atoms with Gasteiger partial charge in [-0.05, 0) is 43.9 Å². The van der Waals surface area contributed by atoms with Gasteiger partial charge in [-0.15, -0.1) is 0 Å². The van der Waals surface area contributed by atoms with E-state index in [1.165, 1.54) is 0 Å². The fourth-order valence-corrected chi connectivity index (χ4v) is 3.51. The number of aliphatic hydroxyl groups is 1. The third-order valence-corrected chi connectivity index (χ3v) is 4.61. The Morgan fingerprint density at radius 1 is 1.28 bits per heavy atom. The second-order valence-corrected chi connectivity index (χ2v) is 6.06. The van der Waals surface area contributed by atoms with Crippen LogP contribution in [0.25, 0.3) is 0 Å². The van der Waals surface area contributed by atoms with Crippen molar-refractivity contribution < 1.29 is 13.5 Å². The Morgan fingerprint density at radius 2 is 1.89 bits per heavy atom. The molecular formula is C12H20N2O3S. The molecular weight excluding hydrogens is 252 g/mol. The molecule has 0 radical (unpaired) electrons. The lowest BCUT2D eigenvalue weighted by Gasteiger charge is -2.15. The van der Waals surface area contributed by atoms with E-state index in [1.807, 2.05) is 6.92 Å². The number of sulfonamides is 1. The van der Waals surface area contributed by atoms with Crippen LogP contribution in [0.1, 0.15) is 23.1 Å². The van der Waals surface area contributed by atoms with Crippen LogP contribution in [-0.2, 0) is 10.0 Å². The Morgan fingerprint density at radius 3 is 2.44 bits per heavy atom. The first-order chi connectivity index (χ1) is 8.31. The number of aliphatic hydroxyl groups excluding tert-OH is 1. The minimum Gasteiger partial charge on any atom is -0.398 e. The predicted molar refractivity (Wildman–Crippen MR) is 72.0 cm³/mol. The summed E-state index contributed by atoms with van der Waals surface area (Å²) in [6.45, 7) is 5.48. The number of benzene rings is 1. The predicted octanol–water partition coefficient (Wildman–Crippen LogP) is 0.855. The first kappa shape index (κ1) is 14.9. The van der Waals surface area contributed by atoms with Gasteiger partial charge in [0.15, 0.2) is 0 Å². The van der Waals surface area contributed by atoms with E-state index in [0.717, 1.165) is 5.56 Å². The van der Waals surface area contributed by atoms with Crippen molar-refractivity contribution in [3.63, 3.8) is 0 Å². The summed E-state index contributed by atoms with van der Waals surface area (Å²) >= 11 is 0. The van der Waals surface area contributed by atoms with Crippen molar-refractivity contribution in [2.45, 2.75) is 32.1 Å². The quantitative estimate of drug-likeness (QED) is 0.547. The maximum atomic E-state index is 12.2. The standard InChI is InChI=1S/C12H20N2O3S/c1-8-7-9(2)12(10(3)11(8)13)18(16,17)14-5-4-6-15/h7,14-15H,4-6,13H2,1-3H3. The molecule has 0 fully saturated rings. The molecule has 0 unspecified atom stereocenters. The Hall–Kier alpha value is -1.11. The van der Waals surface area contributed by atoms with Crippen molar-refractivity contribution in [1.29, 1.82) is 0 Å². The SMILES string of the molecule is Cc1cc(C)c(S(=O)(=O)NCCCO)c(C)c1N. The van der Waals surface area contributed by atoms with E-state index < -0.39 is 10.0 Å². The highest BCUT2D eigenvalue weighted by Gasteiger charge is 2.21. The number of hydrogen-bond acceptors (Lipinski definition) is 4. The summed E-state index contributed by atoms with van der Waals surface area (Å²) in [5, 5.41) is 8.67. The van der Waals surface area contributed by atoms with Gasteiger partial charge >= 0.3 is 0 Å². The highest BCUT2D eigenvalue weighted by Crippen LogP contribution is 2.27. The summed E-state index contributed by atoms with van der Waals surface area (Å²) in [4.78, 5) is 0.239. The summed E-state index contributed by atoms with van der Waals surface area (Å²) in [5.74, 6) is 0. The van der Waals surface area contributed by atoms with Crippen molar-refractivity contribution in [3.05, 3.63) is 22.8 Å². The van der Waals surface area contributed by atoms with Gasteiger partial charge in [0.2, 0.25) is 10.0 Å². The molecule has 0 aliphatic heterocycles. The fourth-order valence-electron chi connectivity index (χ4n) is 1.95. The molecule has 0 aromatic heterocycles. The summed E-state index contributed by atoms with van der Waals surface area (Å²) in [7, 11) is -3.57. The fraction of sp³-hybridized carbons (Fsp3) is 0.500. The van der Waals surface area contributed by atoms with Gasteiger partial charge < -0.3 is 10.8 Å². The molecule has 1 aromatic rings. The highest BCUT2D eigenvalue weighted by atomic mass is 32.2. The number of nitrogen functional groups attached to an aromatic ring is 1. The minimum atomic E-state index is -3.57. The van der Waals surface area contributed by atoms with Crippen LogP contribution in [-0.4, -0.2) is 26.7 Å². The third kappa shape index (κ3) is 3.01. The molecule has 6 heteroatoms. The van der Waals surface area contributed by atoms with Crippen LogP contribution in [0.15, 0.2) is 11.0 Å². The highest BCUT2D eigenvalue weighted by molar-refractivity contribution is 7.89. The summed E-state index contributed by atoms with van der Waals surface area (Å²) in [6, 6.07) is 1.77. The molecule has 0 heterocycles. The number of anilines is 1. The number of nitrogens with two attached hydrogens (primary N) is 1. The second-order valence-electron chi connectivity index (χ2n) is 4.35. The molecule has 1 rings (SSSR count). The van der Waals surface area contributed by atoms with Crippen LogP contribution in [0.2, 0.25) is 0 Å². The van der Waals surface area contributed by atoms with Gasteiger partial charge in [0.1, 0.15) is 0 Å². The maximum Gasteiger partial charge on any atom is 0.241 e. The molecule has 4 N–H and O–H groups in total. The summed E-state index contributed by atoms with van der Waals surface area (Å²) in [6.07, 6.45) is 0.388. The molecule has 0 amide bonds. The van der Waals surface area contributed by atoms with Crippen molar-refractivity contribution >= 4 is 15.7 Å². The Balaban J connectivity index is 3.21. The number of rotatable bonds is 5. The molecule has 0 aliphatic rings. The van der Waals surface area contributed by atoms with Crippen LogP contribution in [0.4, 0.5) is 5.69 Å². The molecule has 0 bridgehead atoms. The average Bonchev–Trinajstić information content (AvgIpc) is 2.25. The van der Waals surface area contributed by atoms with Crippen molar-refractivity contribution in [2.75, 3.05) is 18.9 Å². The second kappa shape index (κ2) is 5.69. The number of aryl methyl sites for hydroxylation is 2. The monoisotopic (exact) mass is 272 g/mol. The zero-order valence-electron chi connectivity index (χ0n) is 10.9. The lowest BCUT2D eigenvalue weighted by molar-refractivity contribution is 0.289. The van der Waals surface area contributed by atoms with Crippen molar-refractivity contribution in [2.24, 2.45) is 0 Å². The van der Waals surface area contributed by atoms with E-state index in [2.05, 4.69) is 4.72 Å². The first-order valence-electron chi connectivity index (χ1n) is 5.78. The maximum absolute atomic E-state index is 12.2. The largest absolute Gasteiger partial charge is 0.398 e. The molecule has 102 valence electrons. The lowest BCUT2D eigenvalue weighted by Crippen LogP contribution is -2.27. The van der Waals surface area contributed by atoms with Crippen LogP contribution in [0.3, 0.4) is 0 Å². The molecule has 18 heavy (non-hydrogen) atoms. The topological polar surface area (TPSA) is 92.4 Å². The van der Waals surface area contributed by atoms with E-state index in [9.17, 15) is 8.42 Å². The van der Waals surface area contributed by atoms with Gasteiger partial charge in [-0.1, -0.05) is 6.07 Å². The van der Waals surface area contributed by atoms with Gasteiger partial charge in [0.25, 0.3) is 0 Å². The molecule has 5 nitrogen and oxygen atoms in total. The van der Waals surface area contributed by atoms with E-state index in [0.29, 0.717) is 23.2 Å². The van der Waals surface area contributed by atoms with Crippen LogP contribution < -0.4 is 10.5 Å². The molecule has 1 aromatic carbocycles. The van der Waals surface area contributed by atoms with Crippen LogP contribution in [0.5, 0.6) is 0 Å². The van der Waals surface area contributed by atoms with Gasteiger partial charge in [0.05, 0.1) is 4.90 Å². The van der Waals surface area contributed by atoms with Gasteiger partial charge in [-0.25, -0.2) is 13.1 Å². The Labute approximate surface area is 108 Å².